The molecule has 16 heavy (non-hydrogen) atoms. The van der Waals surface area contributed by atoms with E-state index >= 15 is 0 Å². The Kier molecular flexibility index (Phi) is 3.33. The second-order valence-corrected chi connectivity index (χ2v) is 3.17. The highest BCUT2D eigenvalue weighted by Crippen LogP contribution is 2.05. The first-order valence-corrected chi connectivity index (χ1v) is 4.90. The summed E-state index contributed by atoms with van der Waals surface area (Å²) in [5, 5.41) is 3.08. The fourth-order valence-electron chi connectivity index (χ4n) is 1.22. The minimum atomic E-state index is -0.475. The van der Waals surface area contributed by atoms with Gasteiger partial charge in [0.25, 0.3) is 0 Å². The van der Waals surface area contributed by atoms with E-state index in [-0.39, 0.29) is 0 Å². The standard InChI is InChI=1S/C12H11FN2O/c13-12-6-5-10(9-15-12)14-7-1-3-11-4-2-8-16-11/h1-6,8-9,14H,7H2/b3-1+. The van der Waals surface area contributed by atoms with Crippen LogP contribution < -0.4 is 5.32 Å². The quantitative estimate of drug-likeness (QED) is 0.802. The van der Waals surface area contributed by atoms with Crippen molar-refractivity contribution in [3.05, 3.63) is 54.5 Å². The van der Waals surface area contributed by atoms with Gasteiger partial charge < -0.3 is 9.73 Å². The summed E-state index contributed by atoms with van der Waals surface area (Å²) in [4.78, 5) is 3.54. The van der Waals surface area contributed by atoms with Gasteiger partial charge >= 0.3 is 0 Å². The van der Waals surface area contributed by atoms with Crippen LogP contribution in [0.4, 0.5) is 10.1 Å². The van der Waals surface area contributed by atoms with Crippen LogP contribution in [-0.2, 0) is 0 Å². The van der Waals surface area contributed by atoms with Crippen LogP contribution in [0.5, 0.6) is 0 Å². The zero-order valence-electron chi connectivity index (χ0n) is 8.56. The van der Waals surface area contributed by atoms with Gasteiger partial charge in [0, 0.05) is 6.54 Å². The molecule has 0 spiro atoms. The highest BCUT2D eigenvalue weighted by molar-refractivity contribution is 5.45. The van der Waals surface area contributed by atoms with E-state index in [0.29, 0.717) is 6.54 Å². The Hall–Kier alpha value is -2.10. The molecule has 2 aromatic rings. The molecule has 3 nitrogen and oxygen atoms in total. The largest absolute Gasteiger partial charge is 0.465 e. The Balaban J connectivity index is 1.82. The number of pyridine rings is 1. The summed E-state index contributed by atoms with van der Waals surface area (Å²) in [6, 6.07) is 6.66. The van der Waals surface area contributed by atoms with Gasteiger partial charge in [-0.25, -0.2) is 4.98 Å². The monoisotopic (exact) mass is 218 g/mol. The minimum absolute atomic E-state index is 0.475. The van der Waals surface area contributed by atoms with Crippen LogP contribution in [0.1, 0.15) is 5.76 Å². The maximum Gasteiger partial charge on any atom is 0.212 e. The second kappa shape index (κ2) is 5.11. The molecule has 0 atom stereocenters. The number of halogens is 1. The first-order valence-electron chi connectivity index (χ1n) is 4.90. The smallest absolute Gasteiger partial charge is 0.212 e. The van der Waals surface area contributed by atoms with Crippen LogP contribution in [0.3, 0.4) is 0 Å². The summed E-state index contributed by atoms with van der Waals surface area (Å²) in [7, 11) is 0. The molecule has 2 heterocycles. The molecule has 0 bridgehead atoms. The van der Waals surface area contributed by atoms with Crippen molar-refractivity contribution >= 4 is 11.8 Å². The van der Waals surface area contributed by atoms with E-state index in [9.17, 15) is 4.39 Å². The van der Waals surface area contributed by atoms with Gasteiger partial charge in [-0.2, -0.15) is 4.39 Å². The van der Waals surface area contributed by atoms with Crippen LogP contribution in [-0.4, -0.2) is 11.5 Å². The van der Waals surface area contributed by atoms with Crippen molar-refractivity contribution in [1.82, 2.24) is 4.98 Å². The number of aromatic nitrogens is 1. The van der Waals surface area contributed by atoms with E-state index in [1.165, 1.54) is 12.3 Å². The Morgan fingerprint density at radius 1 is 1.38 bits per heavy atom. The average molecular weight is 218 g/mol. The molecule has 0 unspecified atom stereocenters. The van der Waals surface area contributed by atoms with Crippen molar-refractivity contribution in [2.24, 2.45) is 0 Å². The predicted molar refractivity (Wildman–Crippen MR) is 60.4 cm³/mol. The molecule has 0 radical (unpaired) electrons. The summed E-state index contributed by atoms with van der Waals surface area (Å²) >= 11 is 0. The summed E-state index contributed by atoms with van der Waals surface area (Å²) in [5.74, 6) is 0.329. The zero-order chi connectivity index (χ0) is 11.2. The molecule has 4 heteroatoms. The number of anilines is 1. The molecule has 0 saturated heterocycles. The lowest BCUT2D eigenvalue weighted by molar-refractivity contribution is 0.557. The summed E-state index contributed by atoms with van der Waals surface area (Å²) in [6.45, 7) is 0.633. The van der Waals surface area contributed by atoms with Crippen molar-refractivity contribution < 1.29 is 8.81 Å². The van der Waals surface area contributed by atoms with Crippen LogP contribution >= 0.6 is 0 Å². The average Bonchev–Trinajstić information content (AvgIpc) is 2.80. The Morgan fingerprint density at radius 3 is 3.00 bits per heavy atom. The zero-order valence-corrected chi connectivity index (χ0v) is 8.56. The van der Waals surface area contributed by atoms with Gasteiger partial charge in [0.05, 0.1) is 18.1 Å². The van der Waals surface area contributed by atoms with Crippen molar-refractivity contribution in [1.29, 1.82) is 0 Å². The first-order chi connectivity index (χ1) is 7.84. The molecular formula is C12H11FN2O. The Labute approximate surface area is 92.6 Å². The third-order valence-corrected chi connectivity index (χ3v) is 1.98. The SMILES string of the molecule is Fc1ccc(NC/C=C/c2ccco2)cn1. The second-order valence-electron chi connectivity index (χ2n) is 3.17. The lowest BCUT2D eigenvalue weighted by atomic mass is 10.3. The molecule has 2 aromatic heterocycles. The maximum absolute atomic E-state index is 12.5. The highest BCUT2D eigenvalue weighted by atomic mass is 19.1. The Bertz CT molecular complexity index is 448. The number of nitrogens with zero attached hydrogens (tertiary/aromatic N) is 1. The highest BCUT2D eigenvalue weighted by Gasteiger charge is 1.92. The van der Waals surface area contributed by atoms with Gasteiger partial charge in [-0.1, -0.05) is 6.08 Å². The van der Waals surface area contributed by atoms with Crippen molar-refractivity contribution in [3.8, 4) is 0 Å². The fraction of sp³-hybridized carbons (Fsp3) is 0.0833. The topological polar surface area (TPSA) is 38.1 Å². The third kappa shape index (κ3) is 2.95. The van der Waals surface area contributed by atoms with Gasteiger partial charge in [-0.05, 0) is 30.3 Å². The summed E-state index contributed by atoms with van der Waals surface area (Å²) < 4.78 is 17.6. The molecule has 0 fully saturated rings. The van der Waals surface area contributed by atoms with E-state index in [2.05, 4.69) is 10.3 Å². The van der Waals surface area contributed by atoms with Gasteiger partial charge in [-0.15, -0.1) is 0 Å². The van der Waals surface area contributed by atoms with Crippen LogP contribution in [0.25, 0.3) is 6.08 Å². The molecule has 82 valence electrons. The molecule has 0 aliphatic heterocycles. The van der Waals surface area contributed by atoms with E-state index < -0.39 is 5.95 Å². The molecule has 0 saturated carbocycles. The Morgan fingerprint density at radius 2 is 2.31 bits per heavy atom. The first kappa shape index (κ1) is 10.4. The third-order valence-electron chi connectivity index (χ3n) is 1.98. The maximum atomic E-state index is 12.5. The van der Waals surface area contributed by atoms with E-state index in [1.54, 1.807) is 12.3 Å². The molecule has 1 N–H and O–H groups in total. The van der Waals surface area contributed by atoms with E-state index in [1.807, 2.05) is 24.3 Å². The minimum Gasteiger partial charge on any atom is -0.465 e. The number of hydrogen-bond acceptors (Lipinski definition) is 3. The number of hydrogen-bond donors (Lipinski definition) is 1. The number of rotatable bonds is 4. The van der Waals surface area contributed by atoms with Gasteiger partial charge in [0.1, 0.15) is 5.76 Å². The van der Waals surface area contributed by atoms with E-state index in [0.717, 1.165) is 11.4 Å². The molecule has 0 amide bonds. The van der Waals surface area contributed by atoms with Crippen molar-refractivity contribution in [2.75, 3.05) is 11.9 Å². The molecule has 0 aromatic carbocycles. The van der Waals surface area contributed by atoms with Crippen molar-refractivity contribution in [3.63, 3.8) is 0 Å². The summed E-state index contributed by atoms with van der Waals surface area (Å²) in [6.07, 6.45) is 6.86. The van der Waals surface area contributed by atoms with Crippen molar-refractivity contribution in [2.45, 2.75) is 0 Å². The lowest BCUT2D eigenvalue weighted by Crippen LogP contribution is -1.98. The van der Waals surface area contributed by atoms with Crippen LogP contribution in [0.15, 0.2) is 47.2 Å². The van der Waals surface area contributed by atoms with Crippen LogP contribution in [0, 0.1) is 5.95 Å². The fourth-order valence-corrected chi connectivity index (χ4v) is 1.22. The van der Waals surface area contributed by atoms with Gasteiger partial charge in [0.2, 0.25) is 5.95 Å². The summed E-state index contributed by atoms with van der Waals surface area (Å²) in [5.41, 5.74) is 0.783. The number of nitrogens with one attached hydrogen (secondary N) is 1. The normalized spacial score (nSPS) is 10.8. The molecular weight excluding hydrogens is 207 g/mol. The molecule has 2 rings (SSSR count). The number of furan rings is 1. The lowest BCUT2D eigenvalue weighted by Gasteiger charge is -2.01. The molecule has 0 aliphatic rings. The predicted octanol–water partition coefficient (Wildman–Crippen LogP) is 2.94. The van der Waals surface area contributed by atoms with Gasteiger partial charge in [0.15, 0.2) is 0 Å². The van der Waals surface area contributed by atoms with E-state index in [4.69, 9.17) is 4.42 Å². The van der Waals surface area contributed by atoms with Crippen LogP contribution in [0.2, 0.25) is 0 Å². The molecule has 0 aliphatic carbocycles. The van der Waals surface area contributed by atoms with Gasteiger partial charge in [-0.3, -0.25) is 0 Å².